The Morgan fingerprint density at radius 2 is 1.83 bits per heavy atom. The van der Waals surface area contributed by atoms with Crippen molar-refractivity contribution < 1.29 is 19.4 Å². The molecule has 5 nitrogen and oxygen atoms in total. The molecule has 0 atom stereocenters. The van der Waals surface area contributed by atoms with Gasteiger partial charge in [0, 0.05) is 10.2 Å². The molecule has 0 radical (unpaired) electrons. The first-order valence-corrected chi connectivity index (χ1v) is 8.58. The van der Waals surface area contributed by atoms with Crippen LogP contribution >= 0.6 is 31.9 Å². The van der Waals surface area contributed by atoms with E-state index in [0.717, 1.165) is 20.1 Å². The summed E-state index contributed by atoms with van der Waals surface area (Å²) in [4.78, 5) is 23.1. The summed E-state index contributed by atoms with van der Waals surface area (Å²) < 4.78 is 7.23. The van der Waals surface area contributed by atoms with Crippen LogP contribution in [0.2, 0.25) is 0 Å². The van der Waals surface area contributed by atoms with Gasteiger partial charge in [-0.3, -0.25) is 4.79 Å². The number of rotatable bonds is 5. The molecule has 0 aromatic heterocycles. The van der Waals surface area contributed by atoms with Crippen LogP contribution in [0, 0.1) is 13.8 Å². The van der Waals surface area contributed by atoms with Gasteiger partial charge in [-0.25, -0.2) is 4.79 Å². The highest BCUT2D eigenvalue weighted by molar-refractivity contribution is 9.11. The third-order valence-corrected chi connectivity index (χ3v) is 4.35. The molecule has 0 aliphatic carbocycles. The number of anilines is 1. The zero-order valence-electron chi connectivity index (χ0n) is 13.0. The molecule has 0 saturated heterocycles. The van der Waals surface area contributed by atoms with Gasteiger partial charge in [-0.1, -0.05) is 22.0 Å². The number of halogens is 2. The Morgan fingerprint density at radius 1 is 1.12 bits per heavy atom. The van der Waals surface area contributed by atoms with Crippen LogP contribution < -0.4 is 10.1 Å². The van der Waals surface area contributed by atoms with E-state index < -0.39 is 5.97 Å². The topological polar surface area (TPSA) is 75.6 Å². The summed E-state index contributed by atoms with van der Waals surface area (Å²) in [5.74, 6) is -0.824. The highest BCUT2D eigenvalue weighted by Crippen LogP contribution is 2.32. The highest BCUT2D eigenvalue weighted by atomic mass is 79.9. The molecule has 2 N–H and O–H groups in total. The number of benzene rings is 2. The summed E-state index contributed by atoms with van der Waals surface area (Å²) in [6.07, 6.45) is 0. The lowest BCUT2D eigenvalue weighted by Crippen LogP contribution is -2.21. The number of nitrogens with one attached hydrogen (secondary N) is 1. The quantitative estimate of drug-likeness (QED) is 0.692. The van der Waals surface area contributed by atoms with Crippen LogP contribution in [0.3, 0.4) is 0 Å². The molecule has 0 heterocycles. The summed E-state index contributed by atoms with van der Waals surface area (Å²) in [5.41, 5.74) is 2.22. The van der Waals surface area contributed by atoms with E-state index >= 15 is 0 Å². The Hall–Kier alpha value is -1.86. The van der Waals surface area contributed by atoms with Crippen LogP contribution in [0.25, 0.3) is 0 Å². The van der Waals surface area contributed by atoms with E-state index in [9.17, 15) is 9.59 Å². The van der Waals surface area contributed by atoms with Crippen LogP contribution in [-0.2, 0) is 4.79 Å². The van der Waals surface area contributed by atoms with Gasteiger partial charge in [0.15, 0.2) is 6.61 Å². The predicted octanol–water partition coefficient (Wildman–Crippen LogP) is 4.54. The monoisotopic (exact) mass is 455 g/mol. The molecule has 0 saturated carbocycles. The van der Waals surface area contributed by atoms with Gasteiger partial charge in [-0.15, -0.1) is 0 Å². The van der Waals surface area contributed by atoms with Crippen LogP contribution in [0.15, 0.2) is 39.3 Å². The van der Waals surface area contributed by atoms with E-state index in [2.05, 4.69) is 37.2 Å². The average Bonchev–Trinajstić information content (AvgIpc) is 2.48. The second-order valence-electron chi connectivity index (χ2n) is 5.21. The van der Waals surface area contributed by atoms with Crippen molar-refractivity contribution in [2.75, 3.05) is 11.9 Å². The standard InChI is InChI=1S/C17H15Br2NO4/c1-9-3-4-11(17(22)23)6-14(9)20-15(21)8-24-16-10(2)5-12(18)7-13(16)19/h3-7H,8H2,1-2H3,(H,20,21)(H,22,23). The number of aryl methyl sites for hydroxylation is 2. The molecule has 0 aliphatic rings. The average molecular weight is 457 g/mol. The molecule has 126 valence electrons. The van der Waals surface area contributed by atoms with Crippen LogP contribution in [-0.4, -0.2) is 23.6 Å². The number of carboxylic acids is 1. The number of hydrogen-bond acceptors (Lipinski definition) is 3. The first kappa shape index (κ1) is 18.5. The van der Waals surface area contributed by atoms with Crippen molar-refractivity contribution in [3.8, 4) is 5.75 Å². The van der Waals surface area contributed by atoms with Crippen LogP contribution in [0.1, 0.15) is 21.5 Å². The van der Waals surface area contributed by atoms with Crippen LogP contribution in [0.4, 0.5) is 5.69 Å². The molecular formula is C17H15Br2NO4. The Kier molecular flexibility index (Phi) is 6.01. The van der Waals surface area contributed by atoms with Crippen molar-refractivity contribution in [3.63, 3.8) is 0 Å². The smallest absolute Gasteiger partial charge is 0.335 e. The minimum absolute atomic E-state index is 0.114. The second kappa shape index (κ2) is 7.81. The Morgan fingerprint density at radius 3 is 2.46 bits per heavy atom. The number of carbonyl (C=O) groups excluding carboxylic acids is 1. The normalized spacial score (nSPS) is 10.3. The fourth-order valence-electron chi connectivity index (χ4n) is 2.09. The van der Waals surface area contributed by atoms with Gasteiger partial charge < -0.3 is 15.2 Å². The summed E-state index contributed by atoms with van der Waals surface area (Å²) >= 11 is 6.78. The second-order valence-corrected chi connectivity index (χ2v) is 6.98. The molecule has 2 rings (SSSR count). The molecule has 7 heteroatoms. The Labute approximate surface area is 156 Å². The summed E-state index contributed by atoms with van der Waals surface area (Å²) in [7, 11) is 0. The first-order valence-electron chi connectivity index (χ1n) is 7.00. The van der Waals surface area contributed by atoms with Crippen molar-refractivity contribution in [1.29, 1.82) is 0 Å². The maximum absolute atomic E-state index is 12.1. The minimum Gasteiger partial charge on any atom is -0.482 e. The zero-order valence-corrected chi connectivity index (χ0v) is 16.2. The van der Waals surface area contributed by atoms with Crippen molar-refractivity contribution in [2.45, 2.75) is 13.8 Å². The van der Waals surface area contributed by atoms with Gasteiger partial charge in [0.05, 0.1) is 10.0 Å². The molecule has 2 aromatic rings. The Bertz CT molecular complexity index is 782. The lowest BCUT2D eigenvalue weighted by atomic mass is 10.1. The number of aromatic carboxylic acids is 1. The fraction of sp³-hybridized carbons (Fsp3) is 0.176. The molecule has 2 aromatic carbocycles. The van der Waals surface area contributed by atoms with Crippen LogP contribution in [0.5, 0.6) is 5.75 Å². The van der Waals surface area contributed by atoms with Crippen molar-refractivity contribution >= 4 is 49.4 Å². The fourth-order valence-corrected chi connectivity index (χ4v) is 3.64. The van der Waals surface area contributed by atoms with Gasteiger partial charge >= 0.3 is 5.97 Å². The van der Waals surface area contributed by atoms with Gasteiger partial charge in [-0.2, -0.15) is 0 Å². The minimum atomic E-state index is -1.05. The Balaban J connectivity index is 2.07. The predicted molar refractivity (Wildman–Crippen MR) is 98.8 cm³/mol. The van der Waals surface area contributed by atoms with E-state index in [4.69, 9.17) is 9.84 Å². The third-order valence-electron chi connectivity index (χ3n) is 3.30. The summed E-state index contributed by atoms with van der Waals surface area (Å²) in [6, 6.07) is 8.29. The van der Waals surface area contributed by atoms with Crippen molar-refractivity contribution in [2.24, 2.45) is 0 Å². The molecule has 0 aliphatic heterocycles. The number of hydrogen-bond donors (Lipinski definition) is 2. The molecule has 0 fully saturated rings. The van der Waals surface area contributed by atoms with E-state index in [1.54, 1.807) is 13.0 Å². The van der Waals surface area contributed by atoms with Gasteiger partial charge in [0.25, 0.3) is 5.91 Å². The summed E-state index contributed by atoms with van der Waals surface area (Å²) in [6.45, 7) is 3.48. The molecule has 0 spiro atoms. The van der Waals surface area contributed by atoms with E-state index in [0.29, 0.717) is 11.4 Å². The molecule has 1 amide bonds. The number of carboxylic acid groups (broad SMARTS) is 1. The van der Waals surface area contributed by atoms with Crippen molar-refractivity contribution in [1.82, 2.24) is 0 Å². The highest BCUT2D eigenvalue weighted by Gasteiger charge is 2.12. The zero-order chi connectivity index (χ0) is 17.9. The molecular weight excluding hydrogens is 442 g/mol. The first-order chi connectivity index (χ1) is 11.3. The van der Waals surface area contributed by atoms with Gasteiger partial charge in [-0.05, 0) is 65.2 Å². The third kappa shape index (κ3) is 4.58. The maximum Gasteiger partial charge on any atom is 0.335 e. The van der Waals surface area contributed by atoms with E-state index in [1.165, 1.54) is 12.1 Å². The van der Waals surface area contributed by atoms with E-state index in [-0.39, 0.29) is 18.1 Å². The molecule has 0 unspecified atom stereocenters. The van der Waals surface area contributed by atoms with E-state index in [1.807, 2.05) is 19.1 Å². The molecule has 24 heavy (non-hydrogen) atoms. The SMILES string of the molecule is Cc1ccc(C(=O)O)cc1NC(=O)COc1c(C)cc(Br)cc1Br. The van der Waals surface area contributed by atoms with Gasteiger partial charge in [0.1, 0.15) is 5.75 Å². The number of ether oxygens (including phenoxy) is 1. The van der Waals surface area contributed by atoms with Gasteiger partial charge in [0.2, 0.25) is 0 Å². The van der Waals surface area contributed by atoms with Crippen molar-refractivity contribution in [3.05, 3.63) is 56.0 Å². The number of carbonyl (C=O) groups is 2. The lowest BCUT2D eigenvalue weighted by molar-refractivity contribution is -0.118. The number of amides is 1. The largest absolute Gasteiger partial charge is 0.482 e. The molecule has 0 bridgehead atoms. The maximum atomic E-state index is 12.1. The summed E-state index contributed by atoms with van der Waals surface area (Å²) in [5, 5.41) is 11.7. The lowest BCUT2D eigenvalue weighted by Gasteiger charge is -2.13.